The van der Waals surface area contributed by atoms with Gasteiger partial charge in [-0.05, 0) is 50.0 Å². The van der Waals surface area contributed by atoms with Gasteiger partial charge >= 0.3 is 0 Å². The molecule has 2 saturated carbocycles. The van der Waals surface area contributed by atoms with Gasteiger partial charge in [-0.15, -0.1) is 0 Å². The van der Waals surface area contributed by atoms with Gasteiger partial charge in [0.15, 0.2) is 0 Å². The smallest absolute Gasteiger partial charge is 0.00953 e. The zero-order valence-electron chi connectivity index (χ0n) is 11.9. The van der Waals surface area contributed by atoms with Crippen molar-refractivity contribution >= 4 is 0 Å². The van der Waals surface area contributed by atoms with Crippen LogP contribution in [0, 0.1) is 17.8 Å². The molecule has 0 aromatic carbocycles. The molecule has 0 aliphatic heterocycles. The van der Waals surface area contributed by atoms with Gasteiger partial charge < -0.3 is 5.32 Å². The van der Waals surface area contributed by atoms with Crippen molar-refractivity contribution in [3.05, 3.63) is 0 Å². The monoisotopic (exact) mass is 237 g/mol. The maximum Gasteiger partial charge on any atom is 0.00953 e. The molecule has 100 valence electrons. The van der Waals surface area contributed by atoms with Gasteiger partial charge in [0.2, 0.25) is 0 Å². The summed E-state index contributed by atoms with van der Waals surface area (Å²) in [4.78, 5) is 0. The number of rotatable bonds is 4. The van der Waals surface area contributed by atoms with Crippen LogP contribution >= 0.6 is 0 Å². The molecule has 4 unspecified atom stereocenters. The largest absolute Gasteiger partial charge is 0.313 e. The molecular weight excluding hydrogens is 206 g/mol. The van der Waals surface area contributed by atoms with Crippen LogP contribution in [-0.4, -0.2) is 12.6 Å². The standard InChI is InChI=1S/C16H31N/c1-3-15-9-4-5-10-16(15)17-12-14-8-6-7-13(2)11-14/h13-17H,3-12H2,1-2H3. The summed E-state index contributed by atoms with van der Waals surface area (Å²) < 4.78 is 0. The quantitative estimate of drug-likeness (QED) is 0.765. The zero-order valence-corrected chi connectivity index (χ0v) is 11.9. The van der Waals surface area contributed by atoms with E-state index in [-0.39, 0.29) is 0 Å². The molecule has 4 atom stereocenters. The predicted octanol–water partition coefficient (Wildman–Crippen LogP) is 4.37. The Labute approximate surface area is 108 Å². The first-order chi connectivity index (χ1) is 8.29. The summed E-state index contributed by atoms with van der Waals surface area (Å²) in [6.07, 6.45) is 13.1. The van der Waals surface area contributed by atoms with Gasteiger partial charge in [0.1, 0.15) is 0 Å². The maximum absolute atomic E-state index is 3.91. The molecule has 1 heteroatoms. The van der Waals surface area contributed by atoms with Crippen LogP contribution in [0.1, 0.15) is 71.6 Å². The van der Waals surface area contributed by atoms with E-state index >= 15 is 0 Å². The van der Waals surface area contributed by atoms with Gasteiger partial charge in [0.25, 0.3) is 0 Å². The summed E-state index contributed by atoms with van der Waals surface area (Å²) in [6.45, 7) is 6.10. The van der Waals surface area contributed by atoms with Gasteiger partial charge in [-0.2, -0.15) is 0 Å². The van der Waals surface area contributed by atoms with Crippen molar-refractivity contribution in [3.63, 3.8) is 0 Å². The minimum absolute atomic E-state index is 0.839. The van der Waals surface area contributed by atoms with Crippen molar-refractivity contribution in [3.8, 4) is 0 Å². The molecule has 0 aromatic rings. The van der Waals surface area contributed by atoms with Crippen molar-refractivity contribution < 1.29 is 0 Å². The molecule has 0 bridgehead atoms. The third-order valence-corrected chi connectivity index (χ3v) is 5.15. The molecule has 17 heavy (non-hydrogen) atoms. The number of hydrogen-bond donors (Lipinski definition) is 1. The van der Waals surface area contributed by atoms with E-state index in [1.165, 1.54) is 64.3 Å². The summed E-state index contributed by atoms with van der Waals surface area (Å²) >= 11 is 0. The Bertz CT molecular complexity index is 214. The lowest BCUT2D eigenvalue weighted by Crippen LogP contribution is -2.41. The molecule has 2 aliphatic rings. The zero-order chi connectivity index (χ0) is 12.1. The second-order valence-electron chi connectivity index (χ2n) is 6.61. The second-order valence-corrected chi connectivity index (χ2v) is 6.61. The maximum atomic E-state index is 3.91. The lowest BCUT2D eigenvalue weighted by Gasteiger charge is -2.34. The summed E-state index contributed by atoms with van der Waals surface area (Å²) in [5.41, 5.74) is 0. The highest BCUT2D eigenvalue weighted by Gasteiger charge is 2.25. The Hall–Kier alpha value is -0.0400. The van der Waals surface area contributed by atoms with Gasteiger partial charge in [-0.25, -0.2) is 0 Å². The van der Waals surface area contributed by atoms with E-state index in [9.17, 15) is 0 Å². The Kier molecular flexibility index (Phi) is 5.34. The summed E-state index contributed by atoms with van der Waals surface area (Å²) in [6, 6.07) is 0.839. The minimum Gasteiger partial charge on any atom is -0.313 e. The van der Waals surface area contributed by atoms with Crippen molar-refractivity contribution in [2.45, 2.75) is 77.7 Å². The highest BCUT2D eigenvalue weighted by molar-refractivity contribution is 4.82. The van der Waals surface area contributed by atoms with Crippen LogP contribution in [0.5, 0.6) is 0 Å². The SMILES string of the molecule is CCC1CCCCC1NCC1CCCC(C)C1. The van der Waals surface area contributed by atoms with Crippen LogP contribution in [0.15, 0.2) is 0 Å². The predicted molar refractivity (Wildman–Crippen MR) is 75.2 cm³/mol. The lowest BCUT2D eigenvalue weighted by molar-refractivity contribution is 0.218. The normalized spacial score (nSPS) is 39.2. The van der Waals surface area contributed by atoms with Crippen LogP contribution in [0.4, 0.5) is 0 Å². The molecule has 2 rings (SSSR count). The fourth-order valence-corrected chi connectivity index (χ4v) is 4.03. The average molecular weight is 237 g/mol. The summed E-state index contributed by atoms with van der Waals surface area (Å²) in [5.74, 6) is 2.91. The van der Waals surface area contributed by atoms with Gasteiger partial charge in [-0.1, -0.05) is 46.0 Å². The average Bonchev–Trinajstić information content (AvgIpc) is 2.37. The molecular formula is C16H31N. The number of hydrogen-bond acceptors (Lipinski definition) is 1. The fraction of sp³-hybridized carbons (Fsp3) is 1.00. The first-order valence-electron chi connectivity index (χ1n) is 8.03. The van der Waals surface area contributed by atoms with Gasteiger partial charge in [-0.3, -0.25) is 0 Å². The molecule has 2 fully saturated rings. The first kappa shape index (κ1) is 13.4. The van der Waals surface area contributed by atoms with E-state index in [2.05, 4.69) is 19.2 Å². The van der Waals surface area contributed by atoms with E-state index in [0.717, 1.165) is 23.8 Å². The second kappa shape index (κ2) is 6.78. The lowest BCUT2D eigenvalue weighted by atomic mass is 9.80. The molecule has 0 saturated heterocycles. The minimum atomic E-state index is 0.839. The Morgan fingerprint density at radius 3 is 2.59 bits per heavy atom. The first-order valence-corrected chi connectivity index (χ1v) is 8.03. The van der Waals surface area contributed by atoms with E-state index < -0.39 is 0 Å². The van der Waals surface area contributed by atoms with Crippen LogP contribution in [0.3, 0.4) is 0 Å². The fourth-order valence-electron chi connectivity index (χ4n) is 4.03. The Morgan fingerprint density at radius 1 is 1.00 bits per heavy atom. The van der Waals surface area contributed by atoms with E-state index in [1.807, 2.05) is 0 Å². The molecule has 0 aromatic heterocycles. The molecule has 0 spiro atoms. The van der Waals surface area contributed by atoms with Gasteiger partial charge in [0, 0.05) is 6.04 Å². The highest BCUT2D eigenvalue weighted by atomic mass is 14.9. The van der Waals surface area contributed by atoms with E-state index in [0.29, 0.717) is 0 Å². The Balaban J connectivity index is 1.72. The van der Waals surface area contributed by atoms with Crippen molar-refractivity contribution in [1.29, 1.82) is 0 Å². The topological polar surface area (TPSA) is 12.0 Å². The van der Waals surface area contributed by atoms with E-state index in [1.54, 1.807) is 0 Å². The van der Waals surface area contributed by atoms with Crippen molar-refractivity contribution in [2.24, 2.45) is 17.8 Å². The molecule has 1 nitrogen and oxygen atoms in total. The molecule has 2 aliphatic carbocycles. The van der Waals surface area contributed by atoms with Crippen molar-refractivity contribution in [1.82, 2.24) is 5.32 Å². The molecule has 0 amide bonds. The van der Waals surface area contributed by atoms with Gasteiger partial charge in [0.05, 0.1) is 0 Å². The number of nitrogens with one attached hydrogen (secondary N) is 1. The van der Waals surface area contributed by atoms with E-state index in [4.69, 9.17) is 0 Å². The summed E-state index contributed by atoms with van der Waals surface area (Å²) in [7, 11) is 0. The van der Waals surface area contributed by atoms with Crippen LogP contribution in [0.2, 0.25) is 0 Å². The third kappa shape index (κ3) is 3.98. The summed E-state index contributed by atoms with van der Waals surface area (Å²) in [5, 5.41) is 3.91. The highest BCUT2D eigenvalue weighted by Crippen LogP contribution is 2.30. The molecule has 1 N–H and O–H groups in total. The van der Waals surface area contributed by atoms with Crippen LogP contribution in [0.25, 0.3) is 0 Å². The molecule has 0 radical (unpaired) electrons. The van der Waals surface area contributed by atoms with Crippen LogP contribution < -0.4 is 5.32 Å². The van der Waals surface area contributed by atoms with Crippen LogP contribution in [-0.2, 0) is 0 Å². The van der Waals surface area contributed by atoms with Crippen molar-refractivity contribution in [2.75, 3.05) is 6.54 Å². The Morgan fingerprint density at radius 2 is 1.82 bits per heavy atom. The third-order valence-electron chi connectivity index (χ3n) is 5.15. The molecule has 0 heterocycles.